The number of thioether (sulfide) groups is 1. The molecule has 7 heteroatoms. The highest BCUT2D eigenvalue weighted by Crippen LogP contribution is 2.23. The molecule has 1 aromatic carbocycles. The Morgan fingerprint density at radius 1 is 1.40 bits per heavy atom. The van der Waals surface area contributed by atoms with Crippen molar-refractivity contribution in [1.82, 2.24) is 10.4 Å². The molecule has 1 aromatic rings. The molecule has 1 aliphatic rings. The predicted octanol–water partition coefficient (Wildman–Crippen LogP) is 2.87. The normalized spacial score (nSPS) is 14.8. The fraction of sp³-hybridized carbons (Fsp3) is 0.308. The number of para-hydroxylation sites is 1. The van der Waals surface area contributed by atoms with Crippen molar-refractivity contribution in [3.8, 4) is 0 Å². The Kier molecular flexibility index (Phi) is 4.95. The van der Waals surface area contributed by atoms with E-state index in [1.807, 2.05) is 18.2 Å². The Morgan fingerprint density at radius 3 is 2.70 bits per heavy atom. The second-order valence-electron chi connectivity index (χ2n) is 4.59. The fourth-order valence-electron chi connectivity index (χ4n) is 1.83. The molecule has 0 saturated carbocycles. The number of thiocarbonyl (C=S) groups is 2. The minimum Gasteiger partial charge on any atom is -0.331 e. The van der Waals surface area contributed by atoms with Crippen molar-refractivity contribution in [2.75, 3.05) is 11.1 Å². The summed E-state index contributed by atoms with van der Waals surface area (Å²) in [5.74, 6) is 0.657. The van der Waals surface area contributed by atoms with Crippen LogP contribution in [-0.2, 0) is 4.79 Å². The summed E-state index contributed by atoms with van der Waals surface area (Å²) in [7, 11) is 0. The van der Waals surface area contributed by atoms with Gasteiger partial charge in [0.05, 0.1) is 5.75 Å². The molecule has 1 amide bonds. The number of rotatable bonds is 3. The van der Waals surface area contributed by atoms with Crippen molar-refractivity contribution < 1.29 is 4.79 Å². The van der Waals surface area contributed by atoms with E-state index in [2.05, 4.69) is 30.7 Å². The van der Waals surface area contributed by atoms with E-state index < -0.39 is 0 Å². The fourth-order valence-corrected chi connectivity index (χ4v) is 3.01. The van der Waals surface area contributed by atoms with Gasteiger partial charge in [-0.1, -0.05) is 56.0 Å². The Hall–Kier alpha value is -1.18. The van der Waals surface area contributed by atoms with Crippen LogP contribution in [0.1, 0.15) is 25.3 Å². The summed E-state index contributed by atoms with van der Waals surface area (Å²) in [6.45, 7) is 4.24. The lowest BCUT2D eigenvalue weighted by Crippen LogP contribution is -2.46. The van der Waals surface area contributed by atoms with Crippen LogP contribution in [0.25, 0.3) is 0 Å². The van der Waals surface area contributed by atoms with Crippen molar-refractivity contribution in [2.45, 2.75) is 19.8 Å². The lowest BCUT2D eigenvalue weighted by atomic mass is 10.0. The van der Waals surface area contributed by atoms with E-state index in [0.29, 0.717) is 21.1 Å². The zero-order valence-electron chi connectivity index (χ0n) is 11.2. The van der Waals surface area contributed by atoms with Gasteiger partial charge in [0.1, 0.15) is 0 Å². The van der Waals surface area contributed by atoms with Crippen LogP contribution >= 0.6 is 36.2 Å². The number of hydrazine groups is 1. The van der Waals surface area contributed by atoms with E-state index in [1.165, 1.54) is 22.3 Å². The number of nitrogens with one attached hydrogen (secondary N) is 2. The quantitative estimate of drug-likeness (QED) is 0.833. The van der Waals surface area contributed by atoms with E-state index in [9.17, 15) is 4.79 Å². The molecule has 1 saturated heterocycles. The van der Waals surface area contributed by atoms with Crippen molar-refractivity contribution >= 4 is 57.2 Å². The first-order valence-electron chi connectivity index (χ1n) is 6.15. The van der Waals surface area contributed by atoms with Crippen molar-refractivity contribution in [3.63, 3.8) is 0 Å². The molecule has 106 valence electrons. The van der Waals surface area contributed by atoms with Gasteiger partial charge in [-0.25, -0.2) is 5.01 Å². The molecular weight excluding hydrogens is 310 g/mol. The summed E-state index contributed by atoms with van der Waals surface area (Å²) in [5.41, 5.74) is 4.94. The Labute approximate surface area is 133 Å². The number of carbonyl (C=O) groups is 1. The molecule has 0 atom stereocenters. The summed E-state index contributed by atoms with van der Waals surface area (Å²) in [5, 5.41) is 4.79. The van der Waals surface area contributed by atoms with Crippen LogP contribution in [0.2, 0.25) is 0 Å². The topological polar surface area (TPSA) is 44.4 Å². The molecule has 20 heavy (non-hydrogen) atoms. The Bertz CT molecular complexity index is 544. The van der Waals surface area contributed by atoms with Crippen LogP contribution < -0.4 is 10.7 Å². The maximum atomic E-state index is 11.6. The van der Waals surface area contributed by atoms with E-state index in [1.54, 1.807) is 0 Å². The number of anilines is 1. The summed E-state index contributed by atoms with van der Waals surface area (Å²) < 4.78 is 0.497. The molecule has 1 fully saturated rings. The number of carbonyl (C=O) groups excluding carboxylic acids is 1. The van der Waals surface area contributed by atoms with Crippen LogP contribution in [0.15, 0.2) is 24.3 Å². The molecule has 1 aliphatic heterocycles. The molecule has 2 rings (SSSR count). The number of hydrogen-bond acceptors (Lipinski definition) is 4. The van der Waals surface area contributed by atoms with Gasteiger partial charge in [-0.2, -0.15) is 0 Å². The van der Waals surface area contributed by atoms with Gasteiger partial charge < -0.3 is 5.32 Å². The van der Waals surface area contributed by atoms with Gasteiger partial charge >= 0.3 is 0 Å². The highest BCUT2D eigenvalue weighted by Gasteiger charge is 2.27. The first-order chi connectivity index (χ1) is 9.49. The van der Waals surface area contributed by atoms with Crippen LogP contribution in [0.3, 0.4) is 0 Å². The Balaban J connectivity index is 2.05. The van der Waals surface area contributed by atoms with E-state index >= 15 is 0 Å². The van der Waals surface area contributed by atoms with Gasteiger partial charge in [-0.15, -0.1) is 0 Å². The maximum absolute atomic E-state index is 11.6. The minimum absolute atomic E-state index is 0.0821. The van der Waals surface area contributed by atoms with Crippen LogP contribution in [0.4, 0.5) is 5.69 Å². The van der Waals surface area contributed by atoms with E-state index in [-0.39, 0.29) is 5.91 Å². The third-order valence-corrected chi connectivity index (χ3v) is 4.35. The van der Waals surface area contributed by atoms with Gasteiger partial charge in [-0.05, 0) is 29.8 Å². The van der Waals surface area contributed by atoms with Crippen LogP contribution in [0.5, 0.6) is 0 Å². The molecule has 0 aliphatic carbocycles. The smallest absolute Gasteiger partial charge is 0.257 e. The van der Waals surface area contributed by atoms with Crippen LogP contribution in [-0.4, -0.2) is 26.1 Å². The zero-order chi connectivity index (χ0) is 14.7. The lowest BCUT2D eigenvalue weighted by molar-refractivity contribution is -0.125. The van der Waals surface area contributed by atoms with Gasteiger partial charge in [0.2, 0.25) is 0 Å². The molecule has 0 radical (unpaired) electrons. The predicted molar refractivity (Wildman–Crippen MR) is 91.8 cm³/mol. The minimum atomic E-state index is -0.0821. The lowest BCUT2D eigenvalue weighted by Gasteiger charge is -2.20. The molecule has 0 bridgehead atoms. The summed E-state index contributed by atoms with van der Waals surface area (Å²) >= 11 is 11.7. The highest BCUT2D eigenvalue weighted by atomic mass is 32.2. The largest absolute Gasteiger partial charge is 0.331 e. The molecule has 1 heterocycles. The van der Waals surface area contributed by atoms with E-state index in [0.717, 1.165) is 5.69 Å². The third kappa shape index (κ3) is 3.47. The second-order valence-corrected chi connectivity index (χ2v) is 6.61. The standard InChI is InChI=1S/C13H15N3OS3/c1-8(2)9-5-3-4-6-10(9)14-12(18)15-16-11(17)7-20-13(16)19/h3-6,8H,7H2,1-2H3,(H2,14,15,18). The number of benzene rings is 1. The van der Waals surface area contributed by atoms with Crippen molar-refractivity contribution in [2.24, 2.45) is 0 Å². The zero-order valence-corrected chi connectivity index (χ0v) is 13.6. The first kappa shape index (κ1) is 15.2. The highest BCUT2D eigenvalue weighted by molar-refractivity contribution is 8.23. The van der Waals surface area contributed by atoms with Crippen molar-refractivity contribution in [1.29, 1.82) is 0 Å². The molecule has 2 N–H and O–H groups in total. The Morgan fingerprint density at radius 2 is 2.10 bits per heavy atom. The second kappa shape index (κ2) is 6.51. The van der Waals surface area contributed by atoms with Crippen molar-refractivity contribution in [3.05, 3.63) is 29.8 Å². The maximum Gasteiger partial charge on any atom is 0.257 e. The van der Waals surface area contributed by atoms with Gasteiger partial charge in [0.15, 0.2) is 9.43 Å². The average molecular weight is 325 g/mol. The number of amides is 1. The molecule has 0 spiro atoms. The SMILES string of the molecule is CC(C)c1ccccc1NC(=S)NN1C(=O)CSC1=S. The summed E-state index contributed by atoms with van der Waals surface area (Å²) in [6, 6.07) is 7.95. The number of nitrogens with zero attached hydrogens (tertiary/aromatic N) is 1. The summed E-state index contributed by atoms with van der Waals surface area (Å²) in [4.78, 5) is 11.6. The first-order valence-corrected chi connectivity index (χ1v) is 7.95. The van der Waals surface area contributed by atoms with E-state index in [4.69, 9.17) is 24.4 Å². The van der Waals surface area contributed by atoms with Crippen LogP contribution in [0, 0.1) is 0 Å². The monoisotopic (exact) mass is 325 g/mol. The molecule has 0 unspecified atom stereocenters. The molecule has 0 aromatic heterocycles. The third-order valence-electron chi connectivity index (χ3n) is 2.80. The summed E-state index contributed by atoms with van der Waals surface area (Å²) in [6.07, 6.45) is 0. The molecule has 4 nitrogen and oxygen atoms in total. The van der Waals surface area contributed by atoms with Gasteiger partial charge in [0, 0.05) is 5.69 Å². The van der Waals surface area contributed by atoms with Gasteiger partial charge in [0.25, 0.3) is 5.91 Å². The van der Waals surface area contributed by atoms with Gasteiger partial charge in [-0.3, -0.25) is 10.2 Å². The molecular formula is C13H15N3OS3. The number of hydrogen-bond donors (Lipinski definition) is 2. The average Bonchev–Trinajstić information content (AvgIpc) is 2.71.